The molecule has 0 radical (unpaired) electrons. The third kappa shape index (κ3) is 2.48. The average molecular weight is 197 g/mol. The monoisotopic (exact) mass is 197 g/mol. The summed E-state index contributed by atoms with van der Waals surface area (Å²) < 4.78 is 5.74. The largest absolute Gasteiger partial charge is 0.373 e. The van der Waals surface area contributed by atoms with E-state index in [1.165, 1.54) is 32.1 Å². The SMILES string of the molecule is CC1(C)CN(C2CCCCC2)CCO1. The van der Waals surface area contributed by atoms with Gasteiger partial charge in [0.2, 0.25) is 0 Å². The molecule has 0 unspecified atom stereocenters. The molecule has 1 heterocycles. The summed E-state index contributed by atoms with van der Waals surface area (Å²) in [6.45, 7) is 7.61. The van der Waals surface area contributed by atoms with E-state index in [0.29, 0.717) is 0 Å². The van der Waals surface area contributed by atoms with Crippen molar-refractivity contribution in [3.63, 3.8) is 0 Å². The first-order valence-electron chi connectivity index (χ1n) is 6.05. The minimum Gasteiger partial charge on any atom is -0.373 e. The second kappa shape index (κ2) is 4.19. The summed E-state index contributed by atoms with van der Waals surface area (Å²) in [6.07, 6.45) is 7.14. The summed E-state index contributed by atoms with van der Waals surface area (Å²) in [4.78, 5) is 2.66. The highest BCUT2D eigenvalue weighted by atomic mass is 16.5. The van der Waals surface area contributed by atoms with Gasteiger partial charge in [-0.15, -0.1) is 0 Å². The van der Waals surface area contributed by atoms with Crippen LogP contribution in [0.4, 0.5) is 0 Å². The van der Waals surface area contributed by atoms with Crippen molar-refractivity contribution in [1.82, 2.24) is 4.90 Å². The lowest BCUT2D eigenvalue weighted by atomic mass is 9.92. The van der Waals surface area contributed by atoms with Crippen molar-refractivity contribution in [2.75, 3.05) is 19.7 Å². The fourth-order valence-electron chi connectivity index (χ4n) is 2.81. The first-order valence-corrected chi connectivity index (χ1v) is 6.05. The summed E-state index contributed by atoms with van der Waals surface area (Å²) in [5.41, 5.74) is 0.0791. The van der Waals surface area contributed by atoms with Crippen LogP contribution in [-0.2, 0) is 4.74 Å². The van der Waals surface area contributed by atoms with Crippen LogP contribution in [0.1, 0.15) is 46.0 Å². The van der Waals surface area contributed by atoms with Crippen LogP contribution in [-0.4, -0.2) is 36.2 Å². The molecule has 1 aliphatic carbocycles. The van der Waals surface area contributed by atoms with Crippen LogP contribution in [0.25, 0.3) is 0 Å². The molecule has 1 saturated carbocycles. The molecule has 2 heteroatoms. The zero-order valence-corrected chi connectivity index (χ0v) is 9.59. The molecule has 0 bridgehead atoms. The predicted octanol–water partition coefficient (Wildman–Crippen LogP) is 2.43. The van der Waals surface area contributed by atoms with E-state index in [9.17, 15) is 0 Å². The number of nitrogens with zero attached hydrogens (tertiary/aromatic N) is 1. The van der Waals surface area contributed by atoms with Gasteiger partial charge in [0.1, 0.15) is 0 Å². The molecule has 0 atom stereocenters. The lowest BCUT2D eigenvalue weighted by molar-refractivity contribution is -0.100. The molecule has 0 N–H and O–H groups in total. The molecule has 82 valence electrons. The van der Waals surface area contributed by atoms with Gasteiger partial charge in [-0.3, -0.25) is 4.90 Å². The van der Waals surface area contributed by atoms with Crippen molar-refractivity contribution in [3.8, 4) is 0 Å². The van der Waals surface area contributed by atoms with E-state index in [-0.39, 0.29) is 5.60 Å². The first kappa shape index (κ1) is 10.4. The van der Waals surface area contributed by atoms with E-state index >= 15 is 0 Å². The molecule has 2 aliphatic rings. The Morgan fingerprint density at radius 3 is 2.50 bits per heavy atom. The molecule has 0 aromatic carbocycles. The Bertz CT molecular complexity index is 185. The van der Waals surface area contributed by atoms with Crippen LogP contribution in [0.3, 0.4) is 0 Å². The van der Waals surface area contributed by atoms with Gasteiger partial charge in [0.15, 0.2) is 0 Å². The van der Waals surface area contributed by atoms with Crippen LogP contribution in [0.2, 0.25) is 0 Å². The van der Waals surface area contributed by atoms with Crippen LogP contribution in [0.15, 0.2) is 0 Å². The van der Waals surface area contributed by atoms with Gasteiger partial charge >= 0.3 is 0 Å². The second-order valence-electron chi connectivity index (χ2n) is 5.37. The molecular formula is C12H23NO. The summed E-state index contributed by atoms with van der Waals surface area (Å²) >= 11 is 0. The Morgan fingerprint density at radius 1 is 1.14 bits per heavy atom. The minimum atomic E-state index is 0.0791. The molecule has 0 amide bonds. The van der Waals surface area contributed by atoms with Gasteiger partial charge in [-0.1, -0.05) is 19.3 Å². The smallest absolute Gasteiger partial charge is 0.0753 e. The van der Waals surface area contributed by atoms with Crippen molar-refractivity contribution >= 4 is 0 Å². The van der Waals surface area contributed by atoms with Gasteiger partial charge in [0.05, 0.1) is 12.2 Å². The Morgan fingerprint density at radius 2 is 1.86 bits per heavy atom. The van der Waals surface area contributed by atoms with E-state index in [1.54, 1.807) is 0 Å². The number of ether oxygens (including phenoxy) is 1. The summed E-state index contributed by atoms with van der Waals surface area (Å²) in [6, 6.07) is 0.854. The maximum absolute atomic E-state index is 5.74. The van der Waals surface area contributed by atoms with E-state index < -0.39 is 0 Å². The van der Waals surface area contributed by atoms with Gasteiger partial charge in [0.25, 0.3) is 0 Å². The molecule has 0 aromatic heterocycles. The second-order valence-corrected chi connectivity index (χ2v) is 5.37. The maximum atomic E-state index is 5.74. The maximum Gasteiger partial charge on any atom is 0.0753 e. The average Bonchev–Trinajstić information content (AvgIpc) is 2.18. The van der Waals surface area contributed by atoms with E-state index in [0.717, 1.165) is 25.7 Å². The van der Waals surface area contributed by atoms with Crippen molar-refractivity contribution in [1.29, 1.82) is 0 Å². The highest BCUT2D eigenvalue weighted by Crippen LogP contribution is 2.26. The van der Waals surface area contributed by atoms with Gasteiger partial charge < -0.3 is 4.74 Å². The van der Waals surface area contributed by atoms with E-state index in [4.69, 9.17) is 4.74 Å². The minimum absolute atomic E-state index is 0.0791. The highest BCUT2D eigenvalue weighted by molar-refractivity contribution is 4.84. The van der Waals surface area contributed by atoms with Crippen LogP contribution in [0.5, 0.6) is 0 Å². The summed E-state index contributed by atoms with van der Waals surface area (Å²) in [7, 11) is 0. The lowest BCUT2D eigenvalue weighted by Crippen LogP contribution is -2.52. The molecule has 1 aliphatic heterocycles. The fourth-order valence-corrected chi connectivity index (χ4v) is 2.81. The van der Waals surface area contributed by atoms with E-state index in [2.05, 4.69) is 18.7 Å². The summed E-state index contributed by atoms with van der Waals surface area (Å²) in [5, 5.41) is 0. The number of morpholine rings is 1. The fraction of sp³-hybridized carbons (Fsp3) is 1.00. The predicted molar refractivity (Wildman–Crippen MR) is 58.5 cm³/mol. The van der Waals surface area contributed by atoms with Gasteiger partial charge in [0, 0.05) is 19.1 Å². The third-order valence-electron chi connectivity index (χ3n) is 3.55. The normalized spacial score (nSPS) is 30.4. The van der Waals surface area contributed by atoms with Gasteiger partial charge in [-0.25, -0.2) is 0 Å². The number of rotatable bonds is 1. The number of hydrogen-bond donors (Lipinski definition) is 0. The molecule has 2 nitrogen and oxygen atoms in total. The van der Waals surface area contributed by atoms with Crippen LogP contribution in [0, 0.1) is 0 Å². The lowest BCUT2D eigenvalue weighted by Gasteiger charge is -2.43. The molecule has 0 spiro atoms. The Kier molecular flexibility index (Phi) is 3.13. The standard InChI is InChI=1S/C12H23NO/c1-12(2)10-13(8-9-14-12)11-6-4-3-5-7-11/h11H,3-10H2,1-2H3. The molecule has 2 fully saturated rings. The van der Waals surface area contributed by atoms with Crippen molar-refractivity contribution in [2.24, 2.45) is 0 Å². The van der Waals surface area contributed by atoms with Crippen molar-refractivity contribution in [3.05, 3.63) is 0 Å². The molecular weight excluding hydrogens is 174 g/mol. The summed E-state index contributed by atoms with van der Waals surface area (Å²) in [5.74, 6) is 0. The first-order chi connectivity index (χ1) is 6.67. The topological polar surface area (TPSA) is 12.5 Å². The third-order valence-corrected chi connectivity index (χ3v) is 3.55. The van der Waals surface area contributed by atoms with Crippen LogP contribution < -0.4 is 0 Å². The van der Waals surface area contributed by atoms with E-state index in [1.807, 2.05) is 0 Å². The van der Waals surface area contributed by atoms with Crippen molar-refractivity contribution in [2.45, 2.75) is 57.6 Å². The zero-order valence-electron chi connectivity index (χ0n) is 9.59. The van der Waals surface area contributed by atoms with Gasteiger partial charge in [-0.05, 0) is 26.7 Å². The Labute approximate surface area is 87.6 Å². The molecule has 0 aromatic rings. The van der Waals surface area contributed by atoms with Crippen LogP contribution >= 0.6 is 0 Å². The van der Waals surface area contributed by atoms with Gasteiger partial charge in [-0.2, -0.15) is 0 Å². The molecule has 1 saturated heterocycles. The zero-order chi connectivity index (χ0) is 10.0. The molecule has 2 rings (SSSR count). The number of hydrogen-bond acceptors (Lipinski definition) is 2. The molecule has 14 heavy (non-hydrogen) atoms. The quantitative estimate of drug-likeness (QED) is 0.640. The highest BCUT2D eigenvalue weighted by Gasteiger charge is 2.31. The Hall–Kier alpha value is -0.0800. The van der Waals surface area contributed by atoms with Crippen molar-refractivity contribution < 1.29 is 4.74 Å². The Balaban J connectivity index is 1.89.